The number of alkyl halides is 3. The number of hydrogen-bond acceptors (Lipinski definition) is 5. The van der Waals surface area contributed by atoms with E-state index in [0.717, 1.165) is 11.0 Å². The van der Waals surface area contributed by atoms with Crippen molar-refractivity contribution >= 4 is 23.6 Å². The van der Waals surface area contributed by atoms with Crippen LogP contribution in [0.3, 0.4) is 0 Å². The van der Waals surface area contributed by atoms with Crippen LogP contribution in [0.15, 0.2) is 18.2 Å². The molecule has 4 atom stereocenters. The molecule has 3 aliphatic heterocycles. The maximum absolute atomic E-state index is 13.5. The fourth-order valence-corrected chi connectivity index (χ4v) is 5.81. The molecule has 3 heterocycles. The van der Waals surface area contributed by atoms with Crippen molar-refractivity contribution in [1.82, 2.24) is 4.90 Å². The number of imide groups is 1. The average molecular weight is 463 g/mol. The van der Waals surface area contributed by atoms with E-state index in [-0.39, 0.29) is 5.69 Å². The zero-order valence-corrected chi connectivity index (χ0v) is 18.9. The van der Waals surface area contributed by atoms with Crippen molar-refractivity contribution in [3.63, 3.8) is 0 Å². The Morgan fingerprint density at radius 3 is 2.03 bits per heavy atom. The minimum atomic E-state index is -4.83. The summed E-state index contributed by atoms with van der Waals surface area (Å²) in [6.45, 7) is 8.60. The third-order valence-electron chi connectivity index (χ3n) is 7.07. The van der Waals surface area contributed by atoms with Crippen LogP contribution in [0.25, 0.3) is 0 Å². The topological polar surface area (TPSA) is 90.7 Å². The van der Waals surface area contributed by atoms with Gasteiger partial charge in [0.25, 0.3) is 0 Å². The van der Waals surface area contributed by atoms with Crippen molar-refractivity contribution in [1.29, 1.82) is 5.26 Å². The fraction of sp³-hybridized carbons (Fsp3) is 0.565. The van der Waals surface area contributed by atoms with Crippen LogP contribution in [0.5, 0.6) is 0 Å². The molecular formula is C23H24F3N3O4. The normalized spacial score (nSPS) is 31.1. The molecule has 3 saturated heterocycles. The standard InChI is InChI=1S/C23H24F3N3O4/c1-20(2,3)33-19(32)29-21(4)8-9-22(29,5)16-15(21)17(30)28(18(16)31)13-7-6-12(11-27)14(10-13)23(24,25)26/h6-7,10,15-16H,8-9H2,1-5H3/t15-,16+,21?,22?. The Morgan fingerprint density at radius 1 is 1.09 bits per heavy atom. The molecule has 3 aliphatic rings. The van der Waals surface area contributed by atoms with Crippen LogP contribution in [0.4, 0.5) is 23.7 Å². The van der Waals surface area contributed by atoms with Crippen LogP contribution >= 0.6 is 0 Å². The summed E-state index contributed by atoms with van der Waals surface area (Å²) in [7, 11) is 0. The maximum Gasteiger partial charge on any atom is 0.417 e. The summed E-state index contributed by atoms with van der Waals surface area (Å²) in [4.78, 5) is 42.3. The van der Waals surface area contributed by atoms with E-state index in [2.05, 4.69) is 0 Å². The summed E-state index contributed by atoms with van der Waals surface area (Å²) in [5.74, 6) is -3.10. The highest BCUT2D eigenvalue weighted by Crippen LogP contribution is 2.63. The monoisotopic (exact) mass is 463 g/mol. The number of ether oxygens (including phenoxy) is 1. The minimum absolute atomic E-state index is 0.235. The fourth-order valence-electron chi connectivity index (χ4n) is 5.81. The first kappa shape index (κ1) is 23.1. The molecule has 1 aromatic carbocycles. The number of hydrogen-bond donors (Lipinski definition) is 0. The Kier molecular flexibility index (Phi) is 4.70. The first-order valence-corrected chi connectivity index (χ1v) is 10.6. The Labute approximate surface area is 189 Å². The van der Waals surface area contributed by atoms with Crippen LogP contribution in [0.1, 0.15) is 58.6 Å². The van der Waals surface area contributed by atoms with E-state index in [0.29, 0.717) is 18.9 Å². The van der Waals surface area contributed by atoms with Crippen LogP contribution < -0.4 is 4.90 Å². The highest BCUT2D eigenvalue weighted by Gasteiger charge is 2.76. The van der Waals surface area contributed by atoms with Crippen LogP contribution in [0.2, 0.25) is 0 Å². The molecule has 0 spiro atoms. The maximum atomic E-state index is 13.5. The quantitative estimate of drug-likeness (QED) is 0.581. The molecule has 4 rings (SSSR count). The van der Waals surface area contributed by atoms with E-state index in [1.165, 1.54) is 17.0 Å². The highest BCUT2D eigenvalue weighted by molar-refractivity contribution is 6.23. The lowest BCUT2D eigenvalue weighted by molar-refractivity contribution is -0.138. The Balaban J connectivity index is 1.76. The second-order valence-electron chi connectivity index (χ2n) is 10.3. The lowest BCUT2D eigenvalue weighted by atomic mass is 9.69. The molecule has 3 amide bonds. The molecule has 2 bridgehead atoms. The Hall–Kier alpha value is -3.09. The van der Waals surface area contributed by atoms with Gasteiger partial charge >= 0.3 is 12.3 Å². The third kappa shape index (κ3) is 3.12. The molecule has 1 aromatic rings. The lowest BCUT2D eigenvalue weighted by Crippen LogP contribution is -2.54. The summed E-state index contributed by atoms with van der Waals surface area (Å²) in [6, 6.07) is 4.27. The number of halogens is 3. The summed E-state index contributed by atoms with van der Waals surface area (Å²) in [6.07, 6.45) is -4.53. The number of benzene rings is 1. The lowest BCUT2D eigenvalue weighted by Gasteiger charge is -2.39. The SMILES string of the molecule is CC(C)(C)OC(=O)N1C2(C)CCC1(C)[C@H]1C(=O)N(c3ccc(C#N)c(C(F)(F)F)c3)C(=O)[C@H]12. The van der Waals surface area contributed by atoms with Gasteiger partial charge in [0.15, 0.2) is 0 Å². The summed E-state index contributed by atoms with van der Waals surface area (Å²) >= 11 is 0. The first-order valence-electron chi connectivity index (χ1n) is 10.6. The van der Waals surface area contributed by atoms with Gasteiger partial charge in [-0.3, -0.25) is 14.5 Å². The van der Waals surface area contributed by atoms with E-state index in [1.807, 2.05) is 0 Å². The number of fused-ring (bicyclic) bond motifs is 5. The van der Waals surface area contributed by atoms with Gasteiger partial charge in [-0.2, -0.15) is 18.4 Å². The molecule has 0 radical (unpaired) electrons. The summed E-state index contributed by atoms with van der Waals surface area (Å²) in [5.41, 5.74) is -4.85. The van der Waals surface area contributed by atoms with E-state index >= 15 is 0 Å². The summed E-state index contributed by atoms with van der Waals surface area (Å²) < 4.78 is 45.9. The molecule has 33 heavy (non-hydrogen) atoms. The largest absolute Gasteiger partial charge is 0.444 e. The van der Waals surface area contributed by atoms with Gasteiger partial charge in [0, 0.05) is 0 Å². The van der Waals surface area contributed by atoms with Crippen molar-refractivity contribution in [3.05, 3.63) is 29.3 Å². The van der Waals surface area contributed by atoms with Crippen molar-refractivity contribution in [2.45, 2.75) is 70.3 Å². The third-order valence-corrected chi connectivity index (χ3v) is 7.07. The highest BCUT2D eigenvalue weighted by atomic mass is 19.4. The smallest absolute Gasteiger partial charge is 0.417 e. The second-order valence-corrected chi connectivity index (χ2v) is 10.3. The average Bonchev–Trinajstić information content (AvgIpc) is 3.19. The van der Waals surface area contributed by atoms with E-state index < -0.39 is 63.7 Å². The molecule has 0 saturated carbocycles. The minimum Gasteiger partial charge on any atom is -0.444 e. The molecule has 7 nitrogen and oxygen atoms in total. The van der Waals surface area contributed by atoms with Gasteiger partial charge in [-0.25, -0.2) is 9.69 Å². The van der Waals surface area contributed by atoms with Gasteiger partial charge in [0.2, 0.25) is 11.8 Å². The summed E-state index contributed by atoms with van der Waals surface area (Å²) in [5, 5.41) is 9.03. The number of carbonyl (C=O) groups is 3. The van der Waals surface area contributed by atoms with Crippen molar-refractivity contribution in [2.75, 3.05) is 4.90 Å². The molecule has 3 fully saturated rings. The van der Waals surface area contributed by atoms with Crippen molar-refractivity contribution in [3.8, 4) is 6.07 Å². The van der Waals surface area contributed by atoms with Crippen LogP contribution in [-0.4, -0.2) is 39.5 Å². The second kappa shape index (κ2) is 6.72. The number of nitrogens with zero attached hydrogens (tertiary/aromatic N) is 3. The number of rotatable bonds is 1. The number of amides is 3. The number of carbonyl (C=O) groups excluding carboxylic acids is 3. The number of anilines is 1. The Bertz CT molecular complexity index is 1080. The van der Waals surface area contributed by atoms with Gasteiger partial charge < -0.3 is 4.74 Å². The molecule has 176 valence electrons. The molecule has 2 unspecified atom stereocenters. The predicted molar refractivity (Wildman–Crippen MR) is 110 cm³/mol. The van der Waals surface area contributed by atoms with E-state index in [1.54, 1.807) is 34.6 Å². The first-order chi connectivity index (χ1) is 15.1. The molecular weight excluding hydrogens is 439 g/mol. The molecule has 0 aromatic heterocycles. The van der Waals surface area contributed by atoms with E-state index in [4.69, 9.17) is 10.00 Å². The Morgan fingerprint density at radius 2 is 1.61 bits per heavy atom. The number of nitriles is 1. The zero-order chi connectivity index (χ0) is 24.7. The van der Waals surface area contributed by atoms with Gasteiger partial charge in [0.05, 0.1) is 45.8 Å². The van der Waals surface area contributed by atoms with Crippen molar-refractivity contribution in [2.24, 2.45) is 11.8 Å². The molecule has 0 aliphatic carbocycles. The van der Waals surface area contributed by atoms with Crippen LogP contribution in [-0.2, 0) is 20.5 Å². The van der Waals surface area contributed by atoms with Gasteiger partial charge in [-0.05, 0) is 65.7 Å². The van der Waals surface area contributed by atoms with Crippen LogP contribution in [0, 0.1) is 23.2 Å². The zero-order valence-electron chi connectivity index (χ0n) is 18.9. The molecule has 10 heteroatoms. The van der Waals surface area contributed by atoms with Gasteiger partial charge in [-0.1, -0.05) is 0 Å². The van der Waals surface area contributed by atoms with Crippen molar-refractivity contribution < 1.29 is 32.3 Å². The predicted octanol–water partition coefficient (Wildman–Crippen LogP) is 4.24. The van der Waals surface area contributed by atoms with Gasteiger partial charge in [-0.15, -0.1) is 0 Å². The molecule has 0 N–H and O–H groups in total. The van der Waals surface area contributed by atoms with E-state index in [9.17, 15) is 27.6 Å². The van der Waals surface area contributed by atoms with Gasteiger partial charge in [0.1, 0.15) is 5.60 Å².